The average molecular weight is 340 g/mol. The van der Waals surface area contributed by atoms with Gasteiger partial charge in [-0.2, -0.15) is 0 Å². The van der Waals surface area contributed by atoms with Gasteiger partial charge in [0.25, 0.3) is 0 Å². The Labute approximate surface area is 150 Å². The summed E-state index contributed by atoms with van der Waals surface area (Å²) in [4.78, 5) is 10.1. The summed E-state index contributed by atoms with van der Waals surface area (Å²) in [5.74, 6) is -0.909. The number of unbranched alkanes of at least 4 members (excludes halogenated alkanes) is 8. The number of piperidine rings is 1. The van der Waals surface area contributed by atoms with Crippen LogP contribution in [-0.4, -0.2) is 36.6 Å². The second-order valence-corrected chi connectivity index (χ2v) is 7.95. The Hall–Kier alpha value is -0.570. The van der Waals surface area contributed by atoms with Gasteiger partial charge in [-0.3, -0.25) is 0 Å². The van der Waals surface area contributed by atoms with E-state index in [1.54, 1.807) is 0 Å². The van der Waals surface area contributed by atoms with Crippen molar-refractivity contribution in [3.8, 4) is 0 Å². The molecule has 1 spiro atoms. The van der Waals surface area contributed by atoms with Crippen molar-refractivity contribution in [3.63, 3.8) is 0 Å². The molecule has 0 atom stereocenters. The van der Waals surface area contributed by atoms with Gasteiger partial charge in [0.2, 0.25) is 0 Å². The Balaban J connectivity index is 0.000000250. The first-order valence-electron chi connectivity index (χ1n) is 10.7. The van der Waals surface area contributed by atoms with E-state index in [1.807, 2.05) is 0 Å². The molecule has 2 heterocycles. The van der Waals surface area contributed by atoms with E-state index in [1.165, 1.54) is 108 Å². The van der Waals surface area contributed by atoms with Gasteiger partial charge < -0.3 is 14.4 Å². The molecule has 0 aromatic heterocycles. The predicted molar refractivity (Wildman–Crippen MR) is 99.7 cm³/mol. The van der Waals surface area contributed by atoms with Gasteiger partial charge >= 0.3 is 0 Å². The number of carbonyl (C=O) groups excluding carboxylic acids is 1. The summed E-state index contributed by atoms with van der Waals surface area (Å²) < 4.78 is 1.50. The van der Waals surface area contributed by atoms with Gasteiger partial charge in [0.15, 0.2) is 0 Å². The zero-order valence-electron chi connectivity index (χ0n) is 16.2. The van der Waals surface area contributed by atoms with E-state index in [2.05, 4.69) is 6.92 Å². The highest BCUT2D eigenvalue weighted by atomic mass is 16.4. The number of aliphatic carboxylic acids is 1. The number of quaternary nitrogens is 1. The summed E-state index contributed by atoms with van der Waals surface area (Å²) in [6, 6.07) is 0. The molecule has 0 aromatic carbocycles. The lowest BCUT2D eigenvalue weighted by atomic mass is 10.1. The number of carboxylic acids is 1. The Morgan fingerprint density at radius 3 is 1.58 bits per heavy atom. The van der Waals surface area contributed by atoms with Crippen molar-refractivity contribution in [2.24, 2.45) is 0 Å². The van der Waals surface area contributed by atoms with Crippen LogP contribution in [-0.2, 0) is 4.79 Å². The summed E-state index contributed by atoms with van der Waals surface area (Å²) in [6.07, 6.45) is 18.7. The molecule has 2 rings (SSSR count). The molecule has 2 fully saturated rings. The molecule has 24 heavy (non-hydrogen) atoms. The van der Waals surface area contributed by atoms with E-state index >= 15 is 0 Å². The molecule has 0 aliphatic carbocycles. The SMILES string of the molecule is C1CC[N+]2(CC1)CCCC2.CCCCCCCCCCCC(=O)[O-]. The second kappa shape index (κ2) is 13.7. The van der Waals surface area contributed by atoms with Crippen molar-refractivity contribution >= 4 is 5.97 Å². The largest absolute Gasteiger partial charge is 0.550 e. The molecule has 142 valence electrons. The van der Waals surface area contributed by atoms with Crippen LogP contribution in [0.1, 0.15) is 103 Å². The minimum atomic E-state index is -0.909. The molecule has 3 nitrogen and oxygen atoms in total. The topological polar surface area (TPSA) is 40.1 Å². The van der Waals surface area contributed by atoms with Crippen LogP contribution in [0.25, 0.3) is 0 Å². The van der Waals surface area contributed by atoms with Crippen LogP contribution in [0.3, 0.4) is 0 Å². The zero-order valence-corrected chi connectivity index (χ0v) is 16.2. The fourth-order valence-electron chi connectivity index (χ4n) is 4.22. The molecule has 0 bridgehead atoms. The zero-order chi connectivity index (χ0) is 17.5. The van der Waals surface area contributed by atoms with E-state index in [-0.39, 0.29) is 6.42 Å². The lowest BCUT2D eigenvalue weighted by Crippen LogP contribution is -2.48. The molecule has 0 saturated carbocycles. The molecule has 0 aromatic rings. The molecular weight excluding hydrogens is 298 g/mol. The van der Waals surface area contributed by atoms with E-state index in [0.29, 0.717) is 0 Å². The van der Waals surface area contributed by atoms with E-state index in [9.17, 15) is 9.90 Å². The van der Waals surface area contributed by atoms with Crippen LogP contribution in [0.2, 0.25) is 0 Å². The quantitative estimate of drug-likeness (QED) is 0.436. The molecular formula is C21H41NO2. The van der Waals surface area contributed by atoms with Gasteiger partial charge in [-0.25, -0.2) is 0 Å². The maximum absolute atomic E-state index is 10.1. The smallest absolute Gasteiger partial charge is 0.0788 e. The number of carboxylic acid groups (broad SMARTS) is 1. The van der Waals surface area contributed by atoms with E-state index in [4.69, 9.17) is 0 Å². The van der Waals surface area contributed by atoms with Crippen molar-refractivity contribution in [3.05, 3.63) is 0 Å². The minimum absolute atomic E-state index is 0.232. The molecule has 3 heteroatoms. The number of carbonyl (C=O) groups is 1. The fourth-order valence-corrected chi connectivity index (χ4v) is 4.22. The maximum Gasteiger partial charge on any atom is 0.0788 e. The summed E-state index contributed by atoms with van der Waals surface area (Å²) >= 11 is 0. The third kappa shape index (κ3) is 10.3. The van der Waals surface area contributed by atoms with Gasteiger partial charge in [0.1, 0.15) is 0 Å². The molecule has 0 radical (unpaired) electrons. The summed E-state index contributed by atoms with van der Waals surface area (Å²) in [6.45, 7) is 8.22. The second-order valence-electron chi connectivity index (χ2n) is 7.95. The predicted octanol–water partition coefficient (Wildman–Crippen LogP) is 4.44. The van der Waals surface area contributed by atoms with Crippen LogP contribution in [0.15, 0.2) is 0 Å². The maximum atomic E-state index is 10.1. The normalized spacial score (nSPS) is 19.0. The van der Waals surface area contributed by atoms with Crippen LogP contribution < -0.4 is 5.11 Å². The molecule has 2 saturated heterocycles. The Kier molecular flexibility index (Phi) is 12.2. The highest BCUT2D eigenvalue weighted by Gasteiger charge is 2.32. The Morgan fingerprint density at radius 2 is 1.12 bits per heavy atom. The lowest BCUT2D eigenvalue weighted by molar-refractivity contribution is -0.921. The van der Waals surface area contributed by atoms with Gasteiger partial charge in [-0.15, -0.1) is 0 Å². The standard InChI is InChI=1S/C12H24O2.C9H18N/c1-2-3-4-5-6-7-8-9-10-11-12(13)14;1-2-6-10(7-3-1)8-4-5-9-10/h2-11H2,1H3,(H,13,14);1-9H2/q;+1/p-1. The monoisotopic (exact) mass is 339 g/mol. The number of rotatable bonds is 10. The third-order valence-electron chi connectivity index (χ3n) is 5.76. The molecule has 0 unspecified atom stereocenters. The third-order valence-corrected chi connectivity index (χ3v) is 5.76. The number of nitrogens with zero attached hydrogens (tertiary/aromatic N) is 1. The molecule has 2 aliphatic heterocycles. The molecule has 0 amide bonds. The van der Waals surface area contributed by atoms with Crippen LogP contribution >= 0.6 is 0 Å². The molecule has 2 aliphatic rings. The Morgan fingerprint density at radius 1 is 0.708 bits per heavy atom. The van der Waals surface area contributed by atoms with Crippen LogP contribution in [0.5, 0.6) is 0 Å². The fraction of sp³-hybridized carbons (Fsp3) is 0.952. The first-order chi connectivity index (χ1) is 11.7. The number of hydrogen-bond acceptors (Lipinski definition) is 2. The van der Waals surface area contributed by atoms with Gasteiger partial charge in [-0.1, -0.05) is 58.3 Å². The van der Waals surface area contributed by atoms with Crippen molar-refractivity contribution < 1.29 is 14.4 Å². The molecule has 0 N–H and O–H groups in total. The van der Waals surface area contributed by atoms with Gasteiger partial charge in [0, 0.05) is 18.8 Å². The average Bonchev–Trinajstić information content (AvgIpc) is 3.02. The highest BCUT2D eigenvalue weighted by Crippen LogP contribution is 2.25. The number of hydrogen-bond donors (Lipinski definition) is 0. The van der Waals surface area contributed by atoms with Crippen molar-refractivity contribution in [1.29, 1.82) is 0 Å². The van der Waals surface area contributed by atoms with E-state index < -0.39 is 5.97 Å². The lowest BCUT2D eigenvalue weighted by Gasteiger charge is -2.37. The summed E-state index contributed by atoms with van der Waals surface area (Å²) in [7, 11) is 0. The summed E-state index contributed by atoms with van der Waals surface area (Å²) in [5, 5.41) is 10.1. The van der Waals surface area contributed by atoms with Crippen LogP contribution in [0.4, 0.5) is 0 Å². The van der Waals surface area contributed by atoms with Crippen molar-refractivity contribution in [1.82, 2.24) is 0 Å². The van der Waals surface area contributed by atoms with Crippen LogP contribution in [0, 0.1) is 0 Å². The van der Waals surface area contributed by atoms with Crippen molar-refractivity contribution in [2.75, 3.05) is 26.2 Å². The van der Waals surface area contributed by atoms with Gasteiger partial charge in [0.05, 0.1) is 26.2 Å². The van der Waals surface area contributed by atoms with Gasteiger partial charge in [-0.05, 0) is 32.1 Å². The summed E-state index contributed by atoms with van der Waals surface area (Å²) in [5.41, 5.74) is 0. The minimum Gasteiger partial charge on any atom is -0.550 e. The Bertz CT molecular complexity index is 303. The first-order valence-corrected chi connectivity index (χ1v) is 10.7. The van der Waals surface area contributed by atoms with E-state index in [0.717, 1.165) is 12.8 Å². The van der Waals surface area contributed by atoms with Crippen molar-refractivity contribution in [2.45, 2.75) is 103 Å². The first kappa shape index (κ1) is 21.5. The highest BCUT2D eigenvalue weighted by molar-refractivity contribution is 5.63.